The second-order valence-electron chi connectivity index (χ2n) is 3.52. The highest BCUT2D eigenvalue weighted by Gasteiger charge is 2.13. The molecule has 0 saturated carbocycles. The van der Waals surface area contributed by atoms with Gasteiger partial charge in [0.1, 0.15) is 5.75 Å². The van der Waals surface area contributed by atoms with Crippen LogP contribution in [-0.2, 0) is 0 Å². The molecule has 0 bridgehead atoms. The second kappa shape index (κ2) is 5.99. The molecule has 1 rings (SSSR count). The summed E-state index contributed by atoms with van der Waals surface area (Å²) in [6.45, 7) is 2.17. The van der Waals surface area contributed by atoms with Crippen LogP contribution in [0.25, 0.3) is 0 Å². The number of ether oxygens (including phenoxy) is 1. The fraction of sp³-hybridized carbons (Fsp3) is 0.500. The maximum atomic E-state index is 5.92. The molecule has 1 N–H and O–H groups in total. The van der Waals surface area contributed by atoms with Crippen molar-refractivity contribution in [3.8, 4) is 5.75 Å². The smallest absolute Gasteiger partial charge is 0.125 e. The van der Waals surface area contributed by atoms with Crippen molar-refractivity contribution in [2.45, 2.75) is 25.8 Å². The first-order valence-electron chi connectivity index (χ1n) is 5.23. The lowest BCUT2D eigenvalue weighted by Gasteiger charge is -2.18. The van der Waals surface area contributed by atoms with Gasteiger partial charge in [0.25, 0.3) is 0 Å². The Balaban J connectivity index is 2.99. The first kappa shape index (κ1) is 12.3. The Kier molecular flexibility index (Phi) is 4.92. The van der Waals surface area contributed by atoms with Crippen LogP contribution in [0.1, 0.15) is 31.4 Å². The molecule has 2 nitrogen and oxygen atoms in total. The lowest BCUT2D eigenvalue weighted by atomic mass is 10.0. The maximum Gasteiger partial charge on any atom is 0.125 e. The van der Waals surface area contributed by atoms with E-state index in [1.807, 2.05) is 25.2 Å². The highest BCUT2D eigenvalue weighted by molar-refractivity contribution is 6.30. The van der Waals surface area contributed by atoms with Crippen LogP contribution in [0.4, 0.5) is 0 Å². The van der Waals surface area contributed by atoms with E-state index < -0.39 is 0 Å². The van der Waals surface area contributed by atoms with Crippen LogP contribution in [0.15, 0.2) is 18.2 Å². The van der Waals surface area contributed by atoms with Gasteiger partial charge in [0.15, 0.2) is 0 Å². The van der Waals surface area contributed by atoms with E-state index in [4.69, 9.17) is 16.3 Å². The van der Waals surface area contributed by atoms with E-state index >= 15 is 0 Å². The minimum absolute atomic E-state index is 0.335. The number of hydrogen-bond acceptors (Lipinski definition) is 2. The molecular weight excluding hydrogens is 210 g/mol. The summed E-state index contributed by atoms with van der Waals surface area (Å²) in [5.74, 6) is 0.857. The Morgan fingerprint density at radius 2 is 2.20 bits per heavy atom. The molecule has 3 heteroatoms. The third kappa shape index (κ3) is 3.11. The van der Waals surface area contributed by atoms with Crippen molar-refractivity contribution >= 4 is 11.6 Å². The fourth-order valence-corrected chi connectivity index (χ4v) is 1.88. The molecule has 0 fully saturated rings. The van der Waals surface area contributed by atoms with Gasteiger partial charge in [-0.1, -0.05) is 31.0 Å². The zero-order chi connectivity index (χ0) is 11.3. The fourth-order valence-electron chi connectivity index (χ4n) is 1.72. The molecule has 84 valence electrons. The first-order chi connectivity index (χ1) is 7.22. The highest BCUT2D eigenvalue weighted by atomic mass is 35.5. The van der Waals surface area contributed by atoms with E-state index in [0.717, 1.165) is 18.6 Å². The van der Waals surface area contributed by atoms with Gasteiger partial charge in [-0.05, 0) is 25.6 Å². The highest BCUT2D eigenvalue weighted by Crippen LogP contribution is 2.30. The van der Waals surface area contributed by atoms with E-state index in [9.17, 15) is 0 Å². The standard InChI is InChI=1S/C12H18ClNO/c1-4-5-11(14-2)10-7-6-9(13)8-12(10)15-3/h6-8,11,14H,4-5H2,1-3H3. The molecule has 0 aromatic heterocycles. The van der Waals surface area contributed by atoms with Gasteiger partial charge in [-0.2, -0.15) is 0 Å². The second-order valence-corrected chi connectivity index (χ2v) is 3.95. The average molecular weight is 228 g/mol. The molecular formula is C12H18ClNO. The summed E-state index contributed by atoms with van der Waals surface area (Å²) in [6.07, 6.45) is 2.23. The molecule has 0 aliphatic carbocycles. The molecule has 0 radical (unpaired) electrons. The van der Waals surface area contributed by atoms with Crippen molar-refractivity contribution in [3.05, 3.63) is 28.8 Å². The van der Waals surface area contributed by atoms with Gasteiger partial charge >= 0.3 is 0 Å². The van der Waals surface area contributed by atoms with Crippen LogP contribution in [0.3, 0.4) is 0 Å². The zero-order valence-corrected chi connectivity index (χ0v) is 10.3. The molecule has 0 aliphatic rings. The summed E-state index contributed by atoms with van der Waals surface area (Å²) in [7, 11) is 3.64. The van der Waals surface area contributed by atoms with Gasteiger partial charge in [0.05, 0.1) is 7.11 Å². The van der Waals surface area contributed by atoms with E-state index in [1.54, 1.807) is 7.11 Å². The van der Waals surface area contributed by atoms with E-state index in [1.165, 1.54) is 5.56 Å². The molecule has 15 heavy (non-hydrogen) atoms. The maximum absolute atomic E-state index is 5.92. The zero-order valence-electron chi connectivity index (χ0n) is 9.51. The van der Waals surface area contributed by atoms with Crippen molar-refractivity contribution in [1.82, 2.24) is 5.32 Å². The average Bonchev–Trinajstić information content (AvgIpc) is 2.26. The molecule has 0 saturated heterocycles. The quantitative estimate of drug-likeness (QED) is 0.833. The minimum atomic E-state index is 0.335. The molecule has 1 atom stereocenters. The van der Waals surface area contributed by atoms with Gasteiger partial charge in [-0.15, -0.1) is 0 Å². The van der Waals surface area contributed by atoms with Crippen LogP contribution in [0.5, 0.6) is 5.75 Å². The van der Waals surface area contributed by atoms with Crippen molar-refractivity contribution in [1.29, 1.82) is 0 Å². The van der Waals surface area contributed by atoms with Gasteiger partial charge in [0.2, 0.25) is 0 Å². The Labute approximate surface area is 96.6 Å². The van der Waals surface area contributed by atoms with Crippen LogP contribution in [-0.4, -0.2) is 14.2 Å². The number of nitrogens with one attached hydrogen (secondary N) is 1. The lowest BCUT2D eigenvalue weighted by Crippen LogP contribution is -2.16. The number of halogens is 1. The van der Waals surface area contributed by atoms with E-state index in [0.29, 0.717) is 11.1 Å². The molecule has 0 aliphatic heterocycles. The van der Waals surface area contributed by atoms with E-state index in [-0.39, 0.29) is 0 Å². The molecule has 1 aromatic carbocycles. The van der Waals surface area contributed by atoms with Crippen molar-refractivity contribution in [3.63, 3.8) is 0 Å². The van der Waals surface area contributed by atoms with Gasteiger partial charge in [-0.3, -0.25) is 0 Å². The summed E-state index contributed by atoms with van der Waals surface area (Å²) in [5, 5.41) is 4.00. The summed E-state index contributed by atoms with van der Waals surface area (Å²) >= 11 is 5.92. The summed E-state index contributed by atoms with van der Waals surface area (Å²) < 4.78 is 5.33. The van der Waals surface area contributed by atoms with Crippen LogP contribution >= 0.6 is 11.6 Å². The molecule has 0 spiro atoms. The molecule has 1 aromatic rings. The Morgan fingerprint density at radius 1 is 1.47 bits per heavy atom. The van der Waals surface area contributed by atoms with Crippen LogP contribution < -0.4 is 10.1 Å². The monoisotopic (exact) mass is 227 g/mol. The first-order valence-corrected chi connectivity index (χ1v) is 5.61. The molecule has 0 heterocycles. The largest absolute Gasteiger partial charge is 0.496 e. The Morgan fingerprint density at radius 3 is 2.73 bits per heavy atom. The van der Waals surface area contributed by atoms with Gasteiger partial charge in [0, 0.05) is 16.6 Å². The normalized spacial score (nSPS) is 12.5. The number of methoxy groups -OCH3 is 1. The van der Waals surface area contributed by atoms with E-state index in [2.05, 4.69) is 12.2 Å². The Hall–Kier alpha value is -0.730. The number of hydrogen-bond donors (Lipinski definition) is 1. The third-order valence-electron chi connectivity index (χ3n) is 2.50. The van der Waals surface area contributed by atoms with Crippen LogP contribution in [0.2, 0.25) is 5.02 Å². The topological polar surface area (TPSA) is 21.3 Å². The molecule has 1 unspecified atom stereocenters. The van der Waals surface area contributed by atoms with Gasteiger partial charge in [-0.25, -0.2) is 0 Å². The molecule has 0 amide bonds. The van der Waals surface area contributed by atoms with Crippen molar-refractivity contribution in [2.75, 3.05) is 14.2 Å². The van der Waals surface area contributed by atoms with Crippen molar-refractivity contribution < 1.29 is 4.74 Å². The number of benzene rings is 1. The summed E-state index contributed by atoms with van der Waals surface area (Å²) in [4.78, 5) is 0. The minimum Gasteiger partial charge on any atom is -0.496 e. The lowest BCUT2D eigenvalue weighted by molar-refractivity contribution is 0.398. The predicted octanol–water partition coefficient (Wildman–Crippen LogP) is 3.41. The summed E-state index contributed by atoms with van der Waals surface area (Å²) in [5.41, 5.74) is 1.17. The Bertz CT molecular complexity index is 314. The SMILES string of the molecule is CCCC(NC)c1ccc(Cl)cc1OC. The predicted molar refractivity (Wildman–Crippen MR) is 64.7 cm³/mol. The van der Waals surface area contributed by atoms with Crippen molar-refractivity contribution in [2.24, 2.45) is 0 Å². The van der Waals surface area contributed by atoms with Crippen LogP contribution in [0, 0.1) is 0 Å². The number of rotatable bonds is 5. The van der Waals surface area contributed by atoms with Gasteiger partial charge < -0.3 is 10.1 Å². The third-order valence-corrected chi connectivity index (χ3v) is 2.73. The summed E-state index contributed by atoms with van der Waals surface area (Å²) in [6, 6.07) is 6.12.